The van der Waals surface area contributed by atoms with E-state index in [0.29, 0.717) is 0 Å². The Morgan fingerprint density at radius 3 is 2.71 bits per heavy atom. The van der Waals surface area contributed by atoms with E-state index in [1.54, 1.807) is 11.3 Å². The molecule has 1 fully saturated rings. The molecule has 0 bridgehead atoms. The van der Waals surface area contributed by atoms with Crippen molar-refractivity contribution in [3.63, 3.8) is 0 Å². The van der Waals surface area contributed by atoms with E-state index in [-0.39, 0.29) is 5.54 Å². The standard InChI is InChI=1S/C14H24N2S/c1-12-3-6-14(11-15,7-4-12)16(2)9-13-5-8-17-10-13/h5,8,10,12H,3-4,6-7,9,11,15H2,1-2H3. The van der Waals surface area contributed by atoms with Gasteiger partial charge in [-0.1, -0.05) is 6.92 Å². The first-order chi connectivity index (χ1) is 8.16. The number of hydrogen-bond acceptors (Lipinski definition) is 3. The van der Waals surface area contributed by atoms with Crippen molar-refractivity contribution in [2.75, 3.05) is 13.6 Å². The zero-order valence-electron chi connectivity index (χ0n) is 11.0. The maximum absolute atomic E-state index is 6.07. The van der Waals surface area contributed by atoms with Gasteiger partial charge in [0.1, 0.15) is 0 Å². The van der Waals surface area contributed by atoms with Crippen LogP contribution in [0.25, 0.3) is 0 Å². The fourth-order valence-electron chi connectivity index (χ4n) is 2.87. The van der Waals surface area contributed by atoms with Crippen LogP contribution >= 0.6 is 11.3 Å². The molecule has 1 aliphatic rings. The third-order valence-electron chi connectivity index (χ3n) is 4.39. The van der Waals surface area contributed by atoms with Crippen LogP contribution in [-0.2, 0) is 6.54 Å². The van der Waals surface area contributed by atoms with Gasteiger partial charge in [-0.15, -0.1) is 0 Å². The lowest BCUT2D eigenvalue weighted by Crippen LogP contribution is -2.53. The molecule has 0 unspecified atom stereocenters. The second-order valence-corrected chi connectivity index (χ2v) is 6.38. The lowest BCUT2D eigenvalue weighted by Gasteiger charge is -2.45. The quantitative estimate of drug-likeness (QED) is 0.892. The van der Waals surface area contributed by atoms with Crippen LogP contribution in [0.2, 0.25) is 0 Å². The minimum Gasteiger partial charge on any atom is -0.329 e. The third-order valence-corrected chi connectivity index (χ3v) is 5.13. The normalized spacial score (nSPS) is 29.8. The number of likely N-dealkylation sites (N-methyl/N-ethyl adjacent to an activating group) is 1. The molecule has 3 heteroatoms. The number of thiophene rings is 1. The Morgan fingerprint density at radius 1 is 1.47 bits per heavy atom. The Morgan fingerprint density at radius 2 is 2.18 bits per heavy atom. The number of rotatable bonds is 4. The first-order valence-electron chi connectivity index (χ1n) is 6.59. The van der Waals surface area contributed by atoms with Crippen LogP contribution in [0.3, 0.4) is 0 Å². The van der Waals surface area contributed by atoms with E-state index in [2.05, 4.69) is 35.7 Å². The summed E-state index contributed by atoms with van der Waals surface area (Å²) in [6.45, 7) is 4.19. The van der Waals surface area contributed by atoms with Crippen molar-refractivity contribution in [2.45, 2.75) is 44.7 Å². The highest BCUT2D eigenvalue weighted by molar-refractivity contribution is 7.07. The average molecular weight is 252 g/mol. The molecule has 0 amide bonds. The molecule has 96 valence electrons. The Balaban J connectivity index is 2.02. The molecule has 2 N–H and O–H groups in total. The van der Waals surface area contributed by atoms with Gasteiger partial charge in [-0.2, -0.15) is 11.3 Å². The summed E-state index contributed by atoms with van der Waals surface area (Å²) < 4.78 is 0. The Kier molecular flexibility index (Phi) is 4.23. The summed E-state index contributed by atoms with van der Waals surface area (Å²) in [6, 6.07) is 2.22. The lowest BCUT2D eigenvalue weighted by molar-refractivity contribution is 0.0617. The second-order valence-electron chi connectivity index (χ2n) is 5.60. The summed E-state index contributed by atoms with van der Waals surface area (Å²) in [5.74, 6) is 0.879. The van der Waals surface area contributed by atoms with Gasteiger partial charge in [-0.25, -0.2) is 0 Å². The molecule has 0 aromatic carbocycles. The van der Waals surface area contributed by atoms with Crippen molar-refractivity contribution < 1.29 is 0 Å². The number of hydrogen-bond donors (Lipinski definition) is 1. The number of nitrogens with zero attached hydrogens (tertiary/aromatic N) is 1. The van der Waals surface area contributed by atoms with Gasteiger partial charge in [0.15, 0.2) is 0 Å². The summed E-state index contributed by atoms with van der Waals surface area (Å²) >= 11 is 1.78. The highest BCUT2D eigenvalue weighted by atomic mass is 32.1. The Hall–Kier alpha value is -0.380. The molecule has 1 heterocycles. The van der Waals surface area contributed by atoms with Crippen molar-refractivity contribution in [3.8, 4) is 0 Å². The van der Waals surface area contributed by atoms with Gasteiger partial charge in [0.25, 0.3) is 0 Å². The summed E-state index contributed by atoms with van der Waals surface area (Å²) in [4.78, 5) is 2.49. The summed E-state index contributed by atoms with van der Waals surface area (Å²) in [7, 11) is 2.24. The molecular weight excluding hydrogens is 228 g/mol. The average Bonchev–Trinajstić information content (AvgIpc) is 2.83. The molecule has 1 aromatic heterocycles. The SMILES string of the molecule is CC1CCC(CN)(N(C)Cc2ccsc2)CC1. The van der Waals surface area contributed by atoms with E-state index in [1.165, 1.54) is 31.2 Å². The predicted octanol–water partition coefficient (Wildman–Crippen LogP) is 3.09. The van der Waals surface area contributed by atoms with Crippen molar-refractivity contribution in [2.24, 2.45) is 11.7 Å². The van der Waals surface area contributed by atoms with Gasteiger partial charge < -0.3 is 5.73 Å². The molecule has 2 nitrogen and oxygen atoms in total. The highest BCUT2D eigenvalue weighted by Gasteiger charge is 2.36. The van der Waals surface area contributed by atoms with Gasteiger partial charge in [0, 0.05) is 18.6 Å². The van der Waals surface area contributed by atoms with Gasteiger partial charge >= 0.3 is 0 Å². The number of nitrogens with two attached hydrogens (primary N) is 1. The van der Waals surface area contributed by atoms with Crippen molar-refractivity contribution >= 4 is 11.3 Å². The monoisotopic (exact) mass is 252 g/mol. The van der Waals surface area contributed by atoms with Crippen LogP contribution in [0.15, 0.2) is 16.8 Å². The second kappa shape index (κ2) is 5.51. The molecule has 0 saturated heterocycles. The van der Waals surface area contributed by atoms with E-state index < -0.39 is 0 Å². The van der Waals surface area contributed by atoms with E-state index in [0.717, 1.165) is 19.0 Å². The minimum atomic E-state index is 0.244. The van der Waals surface area contributed by atoms with Crippen molar-refractivity contribution in [3.05, 3.63) is 22.4 Å². The van der Waals surface area contributed by atoms with E-state index in [9.17, 15) is 0 Å². The molecule has 1 aromatic rings. The van der Waals surface area contributed by atoms with Crippen molar-refractivity contribution in [1.82, 2.24) is 4.90 Å². The maximum Gasteiger partial charge on any atom is 0.0332 e. The third kappa shape index (κ3) is 2.90. The van der Waals surface area contributed by atoms with E-state index in [1.807, 2.05) is 0 Å². The molecule has 0 atom stereocenters. The van der Waals surface area contributed by atoms with Crippen LogP contribution < -0.4 is 5.73 Å². The first-order valence-corrected chi connectivity index (χ1v) is 7.53. The molecule has 1 saturated carbocycles. The molecule has 0 radical (unpaired) electrons. The summed E-state index contributed by atoms with van der Waals surface area (Å²) in [5.41, 5.74) is 7.74. The van der Waals surface area contributed by atoms with Crippen molar-refractivity contribution in [1.29, 1.82) is 0 Å². The van der Waals surface area contributed by atoms with Crippen LogP contribution in [0.5, 0.6) is 0 Å². The Bertz CT molecular complexity index is 326. The highest BCUT2D eigenvalue weighted by Crippen LogP contribution is 2.35. The fraction of sp³-hybridized carbons (Fsp3) is 0.714. The summed E-state index contributed by atoms with van der Waals surface area (Å²) in [6.07, 6.45) is 5.16. The van der Waals surface area contributed by atoms with E-state index in [4.69, 9.17) is 5.73 Å². The molecule has 1 aliphatic carbocycles. The minimum absolute atomic E-state index is 0.244. The topological polar surface area (TPSA) is 29.3 Å². The van der Waals surface area contributed by atoms with Gasteiger partial charge in [-0.3, -0.25) is 4.90 Å². The maximum atomic E-state index is 6.07. The van der Waals surface area contributed by atoms with Gasteiger partial charge in [0.05, 0.1) is 0 Å². The van der Waals surface area contributed by atoms with Crippen LogP contribution in [0, 0.1) is 5.92 Å². The zero-order chi connectivity index (χ0) is 12.3. The molecule has 0 aliphatic heterocycles. The zero-order valence-corrected chi connectivity index (χ0v) is 11.8. The molecule has 17 heavy (non-hydrogen) atoms. The smallest absolute Gasteiger partial charge is 0.0332 e. The molecular formula is C14H24N2S. The largest absolute Gasteiger partial charge is 0.329 e. The van der Waals surface area contributed by atoms with Crippen LogP contribution in [0.1, 0.15) is 38.2 Å². The van der Waals surface area contributed by atoms with Gasteiger partial charge in [0.2, 0.25) is 0 Å². The van der Waals surface area contributed by atoms with Crippen LogP contribution in [-0.4, -0.2) is 24.0 Å². The van der Waals surface area contributed by atoms with Gasteiger partial charge in [-0.05, 0) is 61.0 Å². The summed E-state index contributed by atoms with van der Waals surface area (Å²) in [5, 5.41) is 4.40. The van der Waals surface area contributed by atoms with Crippen LogP contribution in [0.4, 0.5) is 0 Å². The van der Waals surface area contributed by atoms with E-state index >= 15 is 0 Å². The lowest BCUT2D eigenvalue weighted by atomic mass is 9.76. The predicted molar refractivity (Wildman–Crippen MR) is 75.2 cm³/mol. The molecule has 0 spiro atoms. The Labute approximate surface area is 109 Å². The first kappa shape index (κ1) is 13.1. The fourth-order valence-corrected chi connectivity index (χ4v) is 3.53. The molecule has 2 rings (SSSR count).